The molecule has 3 aromatic heterocycles. The number of hydrogen-bond acceptors (Lipinski definition) is 7. The number of benzene rings is 1. The van der Waals surface area contributed by atoms with Gasteiger partial charge in [-0.1, -0.05) is 43.7 Å². The molecule has 6 rings (SSSR count). The lowest BCUT2D eigenvalue weighted by molar-refractivity contribution is 0.443. The first-order valence-electron chi connectivity index (χ1n) is 13.1. The van der Waals surface area contributed by atoms with Crippen LogP contribution in [0.4, 0.5) is 15.8 Å². The lowest BCUT2D eigenvalue weighted by atomic mass is 9.96. The number of aromatic nitrogens is 5. The first-order valence-corrected chi connectivity index (χ1v) is 13.5. The second-order valence-electron chi connectivity index (χ2n) is 12.0. The molecule has 1 aromatic carbocycles. The van der Waals surface area contributed by atoms with E-state index >= 15 is 0 Å². The summed E-state index contributed by atoms with van der Waals surface area (Å²) in [6.45, 7) is 8.81. The monoisotopic (exact) mass is 544 g/mol. The van der Waals surface area contributed by atoms with Gasteiger partial charge in [0.1, 0.15) is 11.8 Å². The lowest BCUT2D eigenvalue weighted by Gasteiger charge is -2.23. The summed E-state index contributed by atoms with van der Waals surface area (Å²) in [4.78, 5) is 8.52. The topological polar surface area (TPSA) is 104 Å². The van der Waals surface area contributed by atoms with Crippen LogP contribution in [0.25, 0.3) is 10.9 Å². The minimum atomic E-state index is -0.536. The number of halogens is 2. The molecule has 0 radical (unpaired) electrons. The van der Waals surface area contributed by atoms with Crippen LogP contribution in [0.15, 0.2) is 36.7 Å². The zero-order valence-corrected chi connectivity index (χ0v) is 23.1. The number of anilines is 2. The molecular formula is C29H30ClFN8. The Kier molecular flexibility index (Phi) is 5.99. The molecule has 2 aliphatic rings. The molecule has 39 heavy (non-hydrogen) atoms. The van der Waals surface area contributed by atoms with Gasteiger partial charge in [0.25, 0.3) is 0 Å². The molecule has 2 saturated carbocycles. The van der Waals surface area contributed by atoms with Crippen molar-refractivity contribution in [2.45, 2.75) is 59.0 Å². The fraction of sp³-hybridized carbons (Fsp3) is 0.414. The molecule has 8 nitrogen and oxygen atoms in total. The van der Waals surface area contributed by atoms with Gasteiger partial charge in [-0.15, -0.1) is 5.10 Å². The van der Waals surface area contributed by atoms with Crippen LogP contribution >= 0.6 is 11.6 Å². The maximum atomic E-state index is 13.9. The fourth-order valence-corrected chi connectivity index (χ4v) is 5.54. The number of hydrogen-bond donors (Lipinski definition) is 2. The van der Waals surface area contributed by atoms with Crippen LogP contribution < -0.4 is 10.6 Å². The Morgan fingerprint density at radius 1 is 1.28 bits per heavy atom. The summed E-state index contributed by atoms with van der Waals surface area (Å²) in [5.41, 5.74) is 4.90. The first kappa shape index (κ1) is 25.5. The molecule has 2 unspecified atom stereocenters. The number of nitrogens with one attached hydrogen (secondary N) is 2. The molecule has 10 heteroatoms. The van der Waals surface area contributed by atoms with Crippen molar-refractivity contribution in [3.05, 3.63) is 70.1 Å². The van der Waals surface area contributed by atoms with Crippen molar-refractivity contribution >= 4 is 33.9 Å². The van der Waals surface area contributed by atoms with Crippen LogP contribution in [0, 0.1) is 35.0 Å². The van der Waals surface area contributed by atoms with E-state index in [-0.39, 0.29) is 5.41 Å². The maximum absolute atomic E-state index is 13.9. The molecule has 1 spiro atoms. The van der Waals surface area contributed by atoms with Gasteiger partial charge in [-0.2, -0.15) is 9.65 Å². The first-order chi connectivity index (χ1) is 18.6. The molecule has 0 saturated heterocycles. The number of nitrogens with zero attached hydrogens (tertiary/aromatic N) is 6. The van der Waals surface area contributed by atoms with E-state index in [0.717, 1.165) is 17.4 Å². The largest absolute Gasteiger partial charge is 0.383 e. The van der Waals surface area contributed by atoms with Gasteiger partial charge in [-0.25, -0.2) is 9.67 Å². The lowest BCUT2D eigenvalue weighted by Crippen LogP contribution is -2.20. The number of pyridine rings is 2. The predicted octanol–water partition coefficient (Wildman–Crippen LogP) is 6.58. The van der Waals surface area contributed by atoms with Crippen molar-refractivity contribution in [1.82, 2.24) is 25.0 Å². The Bertz CT molecular complexity index is 1630. The van der Waals surface area contributed by atoms with Crippen LogP contribution in [-0.2, 0) is 0 Å². The van der Waals surface area contributed by atoms with Gasteiger partial charge in [-0.3, -0.25) is 4.98 Å². The van der Waals surface area contributed by atoms with Crippen molar-refractivity contribution in [1.29, 1.82) is 5.26 Å². The standard InChI is InChI=1S/C29H30ClFN8/c1-16-19(5-6-24(31)35-16)27(22-14-39(38-37-22)23-11-29(23)7-8-29)36-18-9-20-25(34-15-28(2,3)4)17(12-32)13-33-26(20)21(30)10-18/h5-6,9-10,13-14,23,27,36H,7-8,11,15H2,1-4H3,(H,33,34). The van der Waals surface area contributed by atoms with Gasteiger partial charge in [0.2, 0.25) is 5.95 Å². The van der Waals surface area contributed by atoms with E-state index in [9.17, 15) is 9.65 Å². The van der Waals surface area contributed by atoms with Gasteiger partial charge in [-0.05, 0) is 55.2 Å². The highest BCUT2D eigenvalue weighted by Gasteiger charge is 2.64. The molecule has 200 valence electrons. The van der Waals surface area contributed by atoms with Crippen molar-refractivity contribution in [3.63, 3.8) is 0 Å². The third-order valence-electron chi connectivity index (χ3n) is 7.74. The average molecular weight is 545 g/mol. The summed E-state index contributed by atoms with van der Waals surface area (Å²) in [6, 6.07) is 9.01. The quantitative estimate of drug-likeness (QED) is 0.253. The molecule has 2 fully saturated rings. The minimum absolute atomic E-state index is 0.00733. The molecule has 2 N–H and O–H groups in total. The van der Waals surface area contributed by atoms with E-state index < -0.39 is 12.0 Å². The Hall–Kier alpha value is -3.77. The Morgan fingerprint density at radius 2 is 2.08 bits per heavy atom. The molecule has 3 heterocycles. The van der Waals surface area contributed by atoms with Crippen molar-refractivity contribution in [3.8, 4) is 6.07 Å². The normalized spacial score (nSPS) is 18.1. The Morgan fingerprint density at radius 3 is 2.74 bits per heavy atom. The summed E-state index contributed by atoms with van der Waals surface area (Å²) in [5.74, 6) is -0.536. The van der Waals surface area contributed by atoms with E-state index in [2.05, 4.69) is 57.8 Å². The SMILES string of the molecule is Cc1nc(F)ccc1C(Nc1cc(Cl)c2ncc(C#N)c(NCC(C)(C)C)c2c1)c1cn(C2CC23CC3)nn1. The average Bonchev–Trinajstić information content (AvgIpc) is 3.76. The predicted molar refractivity (Wildman–Crippen MR) is 149 cm³/mol. The van der Waals surface area contributed by atoms with E-state index in [0.29, 0.717) is 56.9 Å². The number of nitriles is 1. The molecule has 2 aliphatic carbocycles. The molecule has 2 atom stereocenters. The third-order valence-corrected chi connectivity index (χ3v) is 8.03. The van der Waals surface area contributed by atoms with Gasteiger partial charge >= 0.3 is 0 Å². The molecular weight excluding hydrogens is 515 g/mol. The maximum Gasteiger partial charge on any atom is 0.213 e. The van der Waals surface area contributed by atoms with E-state index in [1.807, 2.05) is 16.9 Å². The molecule has 4 aromatic rings. The fourth-order valence-electron chi connectivity index (χ4n) is 5.27. The van der Waals surface area contributed by atoms with Crippen molar-refractivity contribution in [2.24, 2.45) is 10.8 Å². The zero-order chi connectivity index (χ0) is 27.5. The van der Waals surface area contributed by atoms with Crippen LogP contribution in [0.1, 0.15) is 74.6 Å². The second-order valence-corrected chi connectivity index (χ2v) is 12.4. The molecule has 0 aliphatic heterocycles. The second kappa shape index (κ2) is 9.16. The number of fused-ring (bicyclic) bond motifs is 1. The zero-order valence-electron chi connectivity index (χ0n) is 22.4. The molecule has 0 amide bonds. The molecule has 0 bridgehead atoms. The van der Waals surface area contributed by atoms with Crippen LogP contribution in [0.5, 0.6) is 0 Å². The van der Waals surface area contributed by atoms with Gasteiger partial charge in [0.15, 0.2) is 0 Å². The Labute approximate surface area is 231 Å². The highest BCUT2D eigenvalue weighted by atomic mass is 35.5. The summed E-state index contributed by atoms with van der Waals surface area (Å²) in [5, 5.41) is 26.9. The Balaban J connectivity index is 1.42. The highest BCUT2D eigenvalue weighted by molar-refractivity contribution is 6.35. The van der Waals surface area contributed by atoms with Crippen LogP contribution in [-0.4, -0.2) is 31.5 Å². The van der Waals surface area contributed by atoms with E-state index in [4.69, 9.17) is 11.6 Å². The van der Waals surface area contributed by atoms with Crippen molar-refractivity contribution < 1.29 is 4.39 Å². The number of aryl methyl sites for hydroxylation is 1. The summed E-state index contributed by atoms with van der Waals surface area (Å²) < 4.78 is 15.9. The highest BCUT2D eigenvalue weighted by Crippen LogP contribution is 2.72. The van der Waals surface area contributed by atoms with Crippen LogP contribution in [0.2, 0.25) is 5.02 Å². The third kappa shape index (κ3) is 4.89. The van der Waals surface area contributed by atoms with Gasteiger partial charge in [0, 0.05) is 35.1 Å². The minimum Gasteiger partial charge on any atom is -0.383 e. The van der Waals surface area contributed by atoms with E-state index in [1.54, 1.807) is 25.3 Å². The van der Waals surface area contributed by atoms with E-state index in [1.165, 1.54) is 18.9 Å². The summed E-state index contributed by atoms with van der Waals surface area (Å²) in [7, 11) is 0. The number of rotatable bonds is 7. The van der Waals surface area contributed by atoms with Crippen LogP contribution in [0.3, 0.4) is 0 Å². The van der Waals surface area contributed by atoms with Gasteiger partial charge < -0.3 is 10.6 Å². The summed E-state index contributed by atoms with van der Waals surface area (Å²) >= 11 is 6.73. The summed E-state index contributed by atoms with van der Waals surface area (Å²) in [6.07, 6.45) is 7.16. The van der Waals surface area contributed by atoms with Crippen molar-refractivity contribution in [2.75, 3.05) is 17.2 Å². The smallest absolute Gasteiger partial charge is 0.213 e. The van der Waals surface area contributed by atoms with Gasteiger partial charge in [0.05, 0.1) is 40.1 Å².